The molecule has 2 aromatic rings. The normalized spacial score (nSPS) is 12.4. The summed E-state index contributed by atoms with van der Waals surface area (Å²) in [4.78, 5) is 4.27. The van der Waals surface area contributed by atoms with Crippen molar-refractivity contribution in [1.29, 1.82) is 0 Å². The quantitative estimate of drug-likeness (QED) is 0.821. The number of hydrogen-bond donors (Lipinski definition) is 1. The van der Waals surface area contributed by atoms with Crippen molar-refractivity contribution < 1.29 is 4.42 Å². The Morgan fingerprint density at radius 2 is 2.12 bits per heavy atom. The van der Waals surface area contributed by atoms with Gasteiger partial charge in [0.15, 0.2) is 0 Å². The number of oxazole rings is 1. The second-order valence-electron chi connectivity index (χ2n) is 3.93. The van der Waals surface area contributed by atoms with Crippen LogP contribution >= 0.6 is 11.8 Å². The van der Waals surface area contributed by atoms with Gasteiger partial charge in [0.2, 0.25) is 0 Å². The molecule has 4 heteroatoms. The first-order valence-corrected chi connectivity index (χ1v) is 6.50. The number of aromatic nitrogens is 1. The maximum atomic E-state index is 5.31. The number of hydrogen-bond acceptors (Lipinski definition) is 4. The number of anilines is 1. The lowest BCUT2D eigenvalue weighted by molar-refractivity contribution is 0.453. The summed E-state index contributed by atoms with van der Waals surface area (Å²) in [6.07, 6.45) is 1.68. The highest BCUT2D eigenvalue weighted by Gasteiger charge is 2.08. The molecule has 0 aliphatic rings. The van der Waals surface area contributed by atoms with Crippen LogP contribution in [0.4, 0.5) is 5.69 Å². The highest BCUT2D eigenvalue weighted by molar-refractivity contribution is 7.99. The molecule has 0 saturated carbocycles. The molecule has 1 heterocycles. The van der Waals surface area contributed by atoms with Crippen molar-refractivity contribution in [1.82, 2.24) is 4.98 Å². The highest BCUT2D eigenvalue weighted by Crippen LogP contribution is 2.22. The maximum absolute atomic E-state index is 5.31. The molecule has 0 aliphatic carbocycles. The Morgan fingerprint density at radius 3 is 2.76 bits per heavy atom. The molecular formula is C13H16N2OS. The summed E-state index contributed by atoms with van der Waals surface area (Å²) in [6, 6.07) is 10.2. The number of aryl methyl sites for hydroxylation is 1. The van der Waals surface area contributed by atoms with Crippen molar-refractivity contribution in [3.8, 4) is 0 Å². The first-order chi connectivity index (χ1) is 8.24. The Bertz CT molecular complexity index is 455. The maximum Gasteiger partial charge on any atom is 0.256 e. The Morgan fingerprint density at radius 1 is 1.35 bits per heavy atom. The summed E-state index contributed by atoms with van der Waals surface area (Å²) in [6.45, 7) is 4.97. The minimum atomic E-state index is 0.410. The third kappa shape index (κ3) is 3.82. The van der Waals surface area contributed by atoms with E-state index in [2.05, 4.69) is 29.4 Å². The average Bonchev–Trinajstić information content (AvgIpc) is 2.73. The van der Waals surface area contributed by atoms with E-state index in [4.69, 9.17) is 4.42 Å². The molecular weight excluding hydrogens is 232 g/mol. The number of thioether (sulfide) groups is 1. The number of para-hydroxylation sites is 1. The summed E-state index contributed by atoms with van der Waals surface area (Å²) in [5.41, 5.74) is 2.07. The van der Waals surface area contributed by atoms with Crippen LogP contribution in [0.1, 0.15) is 12.6 Å². The Labute approximate surface area is 106 Å². The fourth-order valence-electron chi connectivity index (χ4n) is 1.42. The third-order valence-corrected chi connectivity index (χ3v) is 3.23. The van der Waals surface area contributed by atoms with E-state index in [9.17, 15) is 0 Å². The zero-order valence-electron chi connectivity index (χ0n) is 10.0. The van der Waals surface area contributed by atoms with E-state index in [0.717, 1.165) is 23.1 Å². The minimum Gasteiger partial charge on any atom is -0.440 e. The Kier molecular flexibility index (Phi) is 4.09. The van der Waals surface area contributed by atoms with E-state index in [-0.39, 0.29) is 0 Å². The number of rotatable bonds is 5. The Hall–Kier alpha value is -1.42. The molecule has 90 valence electrons. The van der Waals surface area contributed by atoms with Crippen molar-refractivity contribution in [3.63, 3.8) is 0 Å². The molecule has 0 spiro atoms. The molecule has 1 unspecified atom stereocenters. The summed E-state index contributed by atoms with van der Waals surface area (Å²) < 4.78 is 5.31. The molecule has 1 N–H and O–H groups in total. The summed E-state index contributed by atoms with van der Waals surface area (Å²) >= 11 is 1.64. The van der Waals surface area contributed by atoms with Gasteiger partial charge in [0.1, 0.15) is 6.26 Å². The van der Waals surface area contributed by atoms with E-state index >= 15 is 0 Å². The van der Waals surface area contributed by atoms with Crippen LogP contribution in [0.3, 0.4) is 0 Å². The van der Waals surface area contributed by atoms with Gasteiger partial charge in [0, 0.05) is 17.5 Å². The molecule has 0 aliphatic heterocycles. The zero-order valence-corrected chi connectivity index (χ0v) is 10.8. The molecule has 1 aromatic heterocycles. The smallest absolute Gasteiger partial charge is 0.256 e. The first kappa shape index (κ1) is 12.0. The van der Waals surface area contributed by atoms with Gasteiger partial charge in [-0.1, -0.05) is 36.9 Å². The fraction of sp³-hybridized carbons (Fsp3) is 0.308. The van der Waals surface area contributed by atoms with Gasteiger partial charge in [-0.3, -0.25) is 0 Å². The van der Waals surface area contributed by atoms with E-state index in [1.54, 1.807) is 18.0 Å². The standard InChI is InChI=1S/C13H16N2OS/c1-10-9-16-13(15-10)17-11(2)8-14-12-6-4-3-5-7-12/h3-7,9,11,14H,8H2,1-2H3. The number of nitrogens with one attached hydrogen (secondary N) is 1. The van der Waals surface area contributed by atoms with Crippen molar-refractivity contribution in [2.24, 2.45) is 0 Å². The third-order valence-electron chi connectivity index (χ3n) is 2.27. The summed E-state index contributed by atoms with van der Waals surface area (Å²) in [5.74, 6) is 0. The van der Waals surface area contributed by atoms with Crippen LogP contribution in [0.25, 0.3) is 0 Å². The summed E-state index contributed by atoms with van der Waals surface area (Å²) in [5, 5.41) is 4.53. The molecule has 17 heavy (non-hydrogen) atoms. The van der Waals surface area contributed by atoms with Crippen LogP contribution < -0.4 is 5.32 Å². The van der Waals surface area contributed by atoms with Gasteiger partial charge in [-0.05, 0) is 19.1 Å². The molecule has 1 atom stereocenters. The van der Waals surface area contributed by atoms with E-state index < -0.39 is 0 Å². The molecule has 0 radical (unpaired) electrons. The van der Waals surface area contributed by atoms with Gasteiger partial charge in [-0.2, -0.15) is 0 Å². The predicted molar refractivity (Wildman–Crippen MR) is 71.5 cm³/mol. The molecule has 0 amide bonds. The van der Waals surface area contributed by atoms with Gasteiger partial charge in [0.05, 0.1) is 5.69 Å². The molecule has 2 rings (SSSR count). The molecule has 0 fully saturated rings. The van der Waals surface area contributed by atoms with E-state index in [0.29, 0.717) is 5.25 Å². The van der Waals surface area contributed by atoms with Crippen molar-refractivity contribution >= 4 is 17.4 Å². The average molecular weight is 248 g/mol. The monoisotopic (exact) mass is 248 g/mol. The molecule has 0 bridgehead atoms. The molecule has 3 nitrogen and oxygen atoms in total. The predicted octanol–water partition coefficient (Wildman–Crippen LogP) is 3.58. The lowest BCUT2D eigenvalue weighted by Gasteiger charge is -2.11. The van der Waals surface area contributed by atoms with Gasteiger partial charge in [-0.25, -0.2) is 4.98 Å². The van der Waals surface area contributed by atoms with Crippen molar-refractivity contribution in [2.75, 3.05) is 11.9 Å². The largest absolute Gasteiger partial charge is 0.440 e. The lowest BCUT2D eigenvalue weighted by atomic mass is 10.3. The van der Waals surface area contributed by atoms with Crippen LogP contribution in [0.15, 0.2) is 46.2 Å². The number of benzene rings is 1. The molecule has 0 saturated heterocycles. The van der Waals surface area contributed by atoms with E-state index in [1.807, 2.05) is 25.1 Å². The topological polar surface area (TPSA) is 38.1 Å². The van der Waals surface area contributed by atoms with Crippen molar-refractivity contribution in [2.45, 2.75) is 24.3 Å². The fourth-order valence-corrected chi connectivity index (χ4v) is 2.23. The minimum absolute atomic E-state index is 0.410. The van der Waals surface area contributed by atoms with E-state index in [1.165, 1.54) is 0 Å². The lowest BCUT2D eigenvalue weighted by Crippen LogP contribution is -2.12. The van der Waals surface area contributed by atoms with Gasteiger partial charge in [-0.15, -0.1) is 0 Å². The van der Waals surface area contributed by atoms with Crippen molar-refractivity contribution in [3.05, 3.63) is 42.3 Å². The highest BCUT2D eigenvalue weighted by atomic mass is 32.2. The summed E-state index contributed by atoms with van der Waals surface area (Å²) in [7, 11) is 0. The second kappa shape index (κ2) is 5.77. The SMILES string of the molecule is Cc1coc(SC(C)CNc2ccccc2)n1. The zero-order chi connectivity index (χ0) is 12.1. The van der Waals surface area contributed by atoms with Crippen LogP contribution in [0.2, 0.25) is 0 Å². The van der Waals surface area contributed by atoms with Crippen LogP contribution in [-0.2, 0) is 0 Å². The van der Waals surface area contributed by atoms with Gasteiger partial charge >= 0.3 is 0 Å². The van der Waals surface area contributed by atoms with Crippen LogP contribution in [0, 0.1) is 6.92 Å². The Balaban J connectivity index is 1.80. The first-order valence-electron chi connectivity index (χ1n) is 5.62. The molecule has 1 aromatic carbocycles. The van der Waals surface area contributed by atoms with Crippen LogP contribution in [-0.4, -0.2) is 16.8 Å². The van der Waals surface area contributed by atoms with Gasteiger partial charge in [0.25, 0.3) is 5.22 Å². The van der Waals surface area contributed by atoms with Crippen LogP contribution in [0.5, 0.6) is 0 Å². The van der Waals surface area contributed by atoms with Gasteiger partial charge < -0.3 is 9.73 Å². The second-order valence-corrected chi connectivity index (χ2v) is 5.32. The number of nitrogens with zero attached hydrogens (tertiary/aromatic N) is 1.